The Morgan fingerprint density at radius 1 is 0.299 bits per heavy atom. The van der Waals surface area contributed by atoms with Gasteiger partial charge in [0.1, 0.15) is 25.4 Å². The van der Waals surface area contributed by atoms with Crippen molar-refractivity contribution in [1.82, 2.24) is 0 Å². The van der Waals surface area contributed by atoms with E-state index in [9.17, 15) is 43.5 Å². The van der Waals surface area contributed by atoms with E-state index in [1.54, 1.807) is 0 Å². The third-order valence-corrected chi connectivity index (χ3v) is 17.6. The van der Waals surface area contributed by atoms with Crippen LogP contribution in [-0.2, 0) is 55.8 Å². The third-order valence-electron chi connectivity index (χ3n) is 15.7. The van der Waals surface area contributed by atoms with Crippen molar-refractivity contribution in [3.05, 3.63) is 122 Å². The van der Waals surface area contributed by atoms with E-state index in [1.807, 2.05) is 0 Å². The molecule has 0 aromatic rings. The molecule has 0 bridgehead atoms. The fourth-order valence-electron chi connectivity index (χ4n) is 9.98. The van der Waals surface area contributed by atoms with E-state index in [4.69, 9.17) is 32.3 Å². The molecule has 18 heteroatoms. The number of allylic oxidation sites excluding steroid dienone is 20. The molecule has 0 aliphatic carbocycles. The van der Waals surface area contributed by atoms with Crippen LogP contribution in [0.1, 0.15) is 303 Å². The van der Waals surface area contributed by atoms with Gasteiger partial charge in [0.05, 0.1) is 26.4 Å². The lowest BCUT2D eigenvalue weighted by atomic mass is 10.0. The zero-order valence-electron chi connectivity index (χ0n) is 60.7. The Balaban J connectivity index is 4.53. The standard InChI is InChI=1S/C79H136O16P2/c1-4-7-10-13-16-19-22-25-28-30-31-32-33-34-35-36-37-38-39-40-41-43-46-47-50-53-56-59-62-65-77(82)89-68-74(80)69-91-96(85,86)92-70-75(81)71-93-97(87,88)94-73-76(95-79(84)67-64-61-58-55-52-49-44-27-24-21-18-15-12-9-6-3)72-90-78(83)66-63-60-57-54-51-48-45-42-29-26-23-20-17-14-11-8-5-2/h7-8,10-11,16-17,19-20,25-26,28-29,31-32,34-35,37-38,45,48,74-76,80-81H,4-6,9,12-15,18,21-24,27,30,33,36,39-44,46-47,49-73H2,1-3H3,(H,85,86)(H,87,88)/b10-7-,11-8-,19-16-,20-17-,28-25-,29-26-,32-31-,35-34-,38-37-,48-45-. The molecular weight excluding hydrogens is 1270 g/mol. The third kappa shape index (κ3) is 73.0. The number of aliphatic hydroxyl groups excluding tert-OH is 2. The number of hydrogen-bond acceptors (Lipinski definition) is 14. The summed E-state index contributed by atoms with van der Waals surface area (Å²) in [6, 6.07) is 0. The van der Waals surface area contributed by atoms with Crippen LogP contribution in [0.2, 0.25) is 0 Å². The minimum Gasteiger partial charge on any atom is -0.463 e. The van der Waals surface area contributed by atoms with Crippen molar-refractivity contribution in [2.24, 2.45) is 0 Å². The second kappa shape index (κ2) is 71.8. The van der Waals surface area contributed by atoms with Crippen molar-refractivity contribution in [2.45, 2.75) is 322 Å². The summed E-state index contributed by atoms with van der Waals surface area (Å²) in [6.07, 6.45) is 83.9. The maximum absolute atomic E-state index is 12.9. The van der Waals surface area contributed by atoms with Crippen LogP contribution in [0.5, 0.6) is 0 Å². The zero-order valence-corrected chi connectivity index (χ0v) is 62.5. The molecular formula is C79H136O16P2. The predicted octanol–water partition coefficient (Wildman–Crippen LogP) is 21.8. The van der Waals surface area contributed by atoms with Gasteiger partial charge < -0.3 is 34.2 Å². The fraction of sp³-hybridized carbons (Fsp3) is 0.709. The van der Waals surface area contributed by atoms with Gasteiger partial charge in [-0.1, -0.05) is 296 Å². The van der Waals surface area contributed by atoms with E-state index in [-0.39, 0.29) is 19.3 Å². The first-order valence-electron chi connectivity index (χ1n) is 37.8. The largest absolute Gasteiger partial charge is 0.472 e. The normalized spacial score (nSPS) is 14.8. The minimum absolute atomic E-state index is 0.101. The number of phosphoric acid groups is 2. The first kappa shape index (κ1) is 93.0. The van der Waals surface area contributed by atoms with Crippen LogP contribution < -0.4 is 0 Å². The summed E-state index contributed by atoms with van der Waals surface area (Å²) in [5.41, 5.74) is 0. The molecule has 0 amide bonds. The molecule has 0 saturated heterocycles. The van der Waals surface area contributed by atoms with Gasteiger partial charge in [0, 0.05) is 19.3 Å². The maximum Gasteiger partial charge on any atom is 0.472 e. The quantitative estimate of drug-likeness (QED) is 0.0146. The first-order valence-corrected chi connectivity index (χ1v) is 40.8. The second-order valence-electron chi connectivity index (χ2n) is 25.0. The Kier molecular flexibility index (Phi) is 68.8. The molecule has 97 heavy (non-hydrogen) atoms. The van der Waals surface area contributed by atoms with Gasteiger partial charge in [-0.25, -0.2) is 9.13 Å². The van der Waals surface area contributed by atoms with E-state index in [1.165, 1.54) is 96.3 Å². The summed E-state index contributed by atoms with van der Waals surface area (Å²) in [6.45, 7) is 2.43. The van der Waals surface area contributed by atoms with Crippen LogP contribution in [-0.4, -0.2) is 95.9 Å². The fourth-order valence-corrected chi connectivity index (χ4v) is 11.6. The summed E-state index contributed by atoms with van der Waals surface area (Å²) in [7, 11) is -9.79. The Labute approximate surface area is 589 Å². The van der Waals surface area contributed by atoms with Crippen LogP contribution in [0.25, 0.3) is 0 Å². The lowest BCUT2D eigenvalue weighted by Gasteiger charge is -2.21. The monoisotopic (exact) mass is 1400 g/mol. The van der Waals surface area contributed by atoms with Crippen molar-refractivity contribution in [3.63, 3.8) is 0 Å². The van der Waals surface area contributed by atoms with Gasteiger partial charge in [0.2, 0.25) is 0 Å². The average molecular weight is 1400 g/mol. The van der Waals surface area contributed by atoms with Gasteiger partial charge in [-0.3, -0.25) is 32.5 Å². The van der Waals surface area contributed by atoms with Gasteiger partial charge in [0.25, 0.3) is 0 Å². The van der Waals surface area contributed by atoms with Crippen molar-refractivity contribution >= 4 is 33.6 Å². The van der Waals surface area contributed by atoms with Gasteiger partial charge in [0.15, 0.2) is 6.10 Å². The molecule has 4 N–H and O–H groups in total. The number of phosphoric ester groups is 2. The highest BCUT2D eigenvalue weighted by Crippen LogP contribution is 2.45. The lowest BCUT2D eigenvalue weighted by Crippen LogP contribution is -2.30. The first-order chi connectivity index (χ1) is 47.2. The molecule has 0 aromatic carbocycles. The van der Waals surface area contributed by atoms with Gasteiger partial charge in [-0.15, -0.1) is 0 Å². The SMILES string of the molecule is CC/C=C\C/C=C\C/C=C\C/C=C\C/C=C\C/C=C\CCCCCCCCCCCCC(=O)OCC(O)COP(=O)(O)OCC(O)COP(=O)(O)OCC(COC(=O)CCCCCC/C=C\C/C=C\C/C=C\C/C=C\CC)OC(=O)CCCCCCCCCCCCCCCCC. The summed E-state index contributed by atoms with van der Waals surface area (Å²) in [5.74, 6) is -1.60. The molecule has 558 valence electrons. The highest BCUT2D eigenvalue weighted by atomic mass is 31.2. The molecule has 0 radical (unpaired) electrons. The maximum atomic E-state index is 12.9. The number of unbranched alkanes of at least 4 members (excludes halogenated alkanes) is 28. The van der Waals surface area contributed by atoms with Crippen LogP contribution in [0, 0.1) is 0 Å². The van der Waals surface area contributed by atoms with Crippen LogP contribution in [0.3, 0.4) is 0 Å². The summed E-state index contributed by atoms with van der Waals surface area (Å²) >= 11 is 0. The zero-order chi connectivity index (χ0) is 70.9. The second-order valence-corrected chi connectivity index (χ2v) is 28.0. The Morgan fingerprint density at radius 2 is 0.546 bits per heavy atom. The van der Waals surface area contributed by atoms with E-state index in [2.05, 4.69) is 142 Å². The highest BCUT2D eigenvalue weighted by Gasteiger charge is 2.29. The van der Waals surface area contributed by atoms with Crippen LogP contribution in [0.15, 0.2) is 122 Å². The number of aliphatic hydroxyl groups is 2. The molecule has 0 aliphatic rings. The number of esters is 3. The smallest absolute Gasteiger partial charge is 0.463 e. The highest BCUT2D eigenvalue weighted by molar-refractivity contribution is 7.47. The molecule has 5 unspecified atom stereocenters. The molecule has 5 atom stereocenters. The summed E-state index contributed by atoms with van der Waals surface area (Å²) in [4.78, 5) is 58.5. The van der Waals surface area contributed by atoms with Crippen LogP contribution >= 0.6 is 15.6 Å². The predicted molar refractivity (Wildman–Crippen MR) is 399 cm³/mol. The molecule has 0 aromatic heterocycles. The Bertz CT molecular complexity index is 2250. The van der Waals surface area contributed by atoms with Crippen LogP contribution in [0.4, 0.5) is 0 Å². The lowest BCUT2D eigenvalue weighted by molar-refractivity contribution is -0.161. The molecule has 0 saturated carbocycles. The number of carbonyl (C=O) groups excluding carboxylic acids is 3. The van der Waals surface area contributed by atoms with Crippen molar-refractivity contribution in [3.8, 4) is 0 Å². The Morgan fingerprint density at radius 3 is 0.866 bits per heavy atom. The van der Waals surface area contributed by atoms with E-state index < -0.39 is 91.5 Å². The van der Waals surface area contributed by atoms with Crippen molar-refractivity contribution in [2.75, 3.05) is 39.6 Å². The number of hydrogen-bond donors (Lipinski definition) is 4. The molecule has 16 nitrogen and oxygen atoms in total. The number of carbonyl (C=O) groups is 3. The van der Waals surface area contributed by atoms with Crippen molar-refractivity contribution < 1.29 is 75.8 Å². The van der Waals surface area contributed by atoms with E-state index in [0.717, 1.165) is 148 Å². The van der Waals surface area contributed by atoms with Gasteiger partial charge >= 0.3 is 33.6 Å². The minimum atomic E-state index is -4.93. The Hall–Kier alpha value is -4.05. The molecule has 0 spiro atoms. The molecule has 0 fully saturated rings. The van der Waals surface area contributed by atoms with Gasteiger partial charge in [-0.05, 0) is 109 Å². The van der Waals surface area contributed by atoms with E-state index >= 15 is 0 Å². The summed E-state index contributed by atoms with van der Waals surface area (Å²) < 4.78 is 61.0. The van der Waals surface area contributed by atoms with Gasteiger partial charge in [-0.2, -0.15) is 0 Å². The van der Waals surface area contributed by atoms with E-state index in [0.29, 0.717) is 19.3 Å². The number of rotatable bonds is 71. The summed E-state index contributed by atoms with van der Waals surface area (Å²) in [5, 5.41) is 20.6. The average Bonchev–Trinajstić information content (AvgIpc) is 1.48. The molecule has 0 heterocycles. The molecule has 0 rings (SSSR count). The number of ether oxygens (including phenoxy) is 3. The van der Waals surface area contributed by atoms with Crippen molar-refractivity contribution in [1.29, 1.82) is 0 Å². The topological polar surface area (TPSA) is 231 Å². The molecule has 0 aliphatic heterocycles.